The standard InChI is InChI=1S/C14H17ClN4O/c15-7-6-13-16-17-14(20-13)19-10-8-18(9-11-19)12-4-2-1-3-5-12/h1-5H,6-11H2. The van der Waals surface area contributed by atoms with E-state index < -0.39 is 0 Å². The molecule has 1 aliphatic heterocycles. The second kappa shape index (κ2) is 6.13. The number of aromatic nitrogens is 2. The number of aryl methyl sites for hydroxylation is 1. The molecule has 6 heteroatoms. The number of piperazine rings is 1. The Balaban J connectivity index is 1.60. The number of hydrogen-bond acceptors (Lipinski definition) is 5. The third-order valence-electron chi connectivity index (χ3n) is 3.44. The molecule has 5 nitrogen and oxygen atoms in total. The molecule has 2 aromatic rings. The fourth-order valence-corrected chi connectivity index (χ4v) is 2.51. The number of hydrogen-bond donors (Lipinski definition) is 0. The van der Waals surface area contributed by atoms with Crippen molar-refractivity contribution in [3.63, 3.8) is 0 Å². The van der Waals surface area contributed by atoms with Crippen LogP contribution in [0.5, 0.6) is 0 Å². The van der Waals surface area contributed by atoms with Crippen LogP contribution in [0.3, 0.4) is 0 Å². The highest BCUT2D eigenvalue weighted by molar-refractivity contribution is 6.17. The number of nitrogens with zero attached hydrogens (tertiary/aromatic N) is 4. The number of halogens is 1. The Labute approximate surface area is 123 Å². The molecule has 0 saturated carbocycles. The molecule has 0 bridgehead atoms. The summed E-state index contributed by atoms with van der Waals surface area (Å²) in [6.07, 6.45) is 0.624. The highest BCUT2D eigenvalue weighted by Crippen LogP contribution is 2.19. The van der Waals surface area contributed by atoms with E-state index in [2.05, 4.69) is 44.3 Å². The molecule has 3 rings (SSSR count). The molecule has 2 heterocycles. The van der Waals surface area contributed by atoms with Gasteiger partial charge in [0.1, 0.15) is 0 Å². The third-order valence-corrected chi connectivity index (χ3v) is 3.63. The largest absolute Gasteiger partial charge is 0.408 e. The van der Waals surface area contributed by atoms with Crippen LogP contribution in [0.2, 0.25) is 0 Å². The van der Waals surface area contributed by atoms with Crippen molar-refractivity contribution < 1.29 is 4.42 Å². The molecular weight excluding hydrogens is 276 g/mol. The minimum absolute atomic E-state index is 0.503. The van der Waals surface area contributed by atoms with Crippen LogP contribution in [0.25, 0.3) is 0 Å². The molecule has 0 atom stereocenters. The molecule has 0 N–H and O–H groups in total. The monoisotopic (exact) mass is 292 g/mol. The van der Waals surface area contributed by atoms with E-state index in [0.29, 0.717) is 24.2 Å². The molecule has 0 radical (unpaired) electrons. The van der Waals surface area contributed by atoms with Gasteiger partial charge in [-0.2, -0.15) is 0 Å². The Bertz CT molecular complexity index is 537. The summed E-state index contributed by atoms with van der Waals surface area (Å²) < 4.78 is 5.61. The van der Waals surface area contributed by atoms with E-state index in [4.69, 9.17) is 16.0 Å². The Hall–Kier alpha value is -1.75. The predicted octanol–water partition coefficient (Wildman–Crippen LogP) is 2.18. The molecule has 106 valence electrons. The first-order valence-electron chi connectivity index (χ1n) is 6.80. The van der Waals surface area contributed by atoms with Gasteiger partial charge in [0.15, 0.2) is 0 Å². The summed E-state index contributed by atoms with van der Waals surface area (Å²) in [4.78, 5) is 4.50. The van der Waals surface area contributed by atoms with E-state index >= 15 is 0 Å². The summed E-state index contributed by atoms with van der Waals surface area (Å²) in [5.74, 6) is 1.11. The lowest BCUT2D eigenvalue weighted by Gasteiger charge is -2.35. The van der Waals surface area contributed by atoms with Crippen LogP contribution in [0.15, 0.2) is 34.7 Å². The molecule has 20 heavy (non-hydrogen) atoms. The average Bonchev–Trinajstić information content (AvgIpc) is 2.97. The summed E-state index contributed by atoms with van der Waals surface area (Å²) in [6.45, 7) is 3.68. The van der Waals surface area contributed by atoms with E-state index in [-0.39, 0.29) is 0 Å². The van der Waals surface area contributed by atoms with Gasteiger partial charge in [-0.3, -0.25) is 0 Å². The first-order chi connectivity index (χ1) is 9.86. The number of anilines is 2. The molecule has 0 spiro atoms. The maximum atomic E-state index is 5.67. The van der Waals surface area contributed by atoms with Crippen molar-refractivity contribution >= 4 is 23.3 Å². The summed E-state index contributed by atoms with van der Waals surface area (Å²) in [5, 5.41) is 8.09. The topological polar surface area (TPSA) is 45.4 Å². The van der Waals surface area contributed by atoms with E-state index in [9.17, 15) is 0 Å². The first-order valence-corrected chi connectivity index (χ1v) is 7.33. The summed E-state index contributed by atoms with van der Waals surface area (Å²) in [5.41, 5.74) is 1.26. The van der Waals surface area contributed by atoms with Crippen molar-refractivity contribution in [2.45, 2.75) is 6.42 Å². The van der Waals surface area contributed by atoms with Crippen LogP contribution in [0.1, 0.15) is 5.89 Å². The van der Waals surface area contributed by atoms with Crippen LogP contribution < -0.4 is 9.80 Å². The highest BCUT2D eigenvalue weighted by atomic mass is 35.5. The maximum absolute atomic E-state index is 5.67. The van der Waals surface area contributed by atoms with Gasteiger partial charge in [0.2, 0.25) is 5.89 Å². The quantitative estimate of drug-likeness (QED) is 0.808. The average molecular weight is 293 g/mol. The molecule has 0 unspecified atom stereocenters. The first kappa shape index (κ1) is 13.2. The van der Waals surface area contributed by atoms with Gasteiger partial charge in [-0.15, -0.1) is 16.7 Å². The zero-order valence-electron chi connectivity index (χ0n) is 11.2. The predicted molar refractivity (Wildman–Crippen MR) is 79.6 cm³/mol. The zero-order chi connectivity index (χ0) is 13.8. The minimum Gasteiger partial charge on any atom is -0.408 e. The molecule has 0 amide bonds. The fourth-order valence-electron chi connectivity index (χ4n) is 2.35. The van der Waals surface area contributed by atoms with Crippen molar-refractivity contribution in [2.75, 3.05) is 41.9 Å². The van der Waals surface area contributed by atoms with Crippen LogP contribution in [0.4, 0.5) is 11.7 Å². The number of para-hydroxylation sites is 1. The molecule has 1 aromatic heterocycles. The van der Waals surface area contributed by atoms with Crippen molar-refractivity contribution in [2.24, 2.45) is 0 Å². The van der Waals surface area contributed by atoms with E-state index in [0.717, 1.165) is 26.2 Å². The Morgan fingerprint density at radius 3 is 2.40 bits per heavy atom. The molecule has 0 aliphatic carbocycles. The smallest absolute Gasteiger partial charge is 0.318 e. The van der Waals surface area contributed by atoms with Crippen molar-refractivity contribution in [3.8, 4) is 0 Å². The molecule has 1 aromatic carbocycles. The lowest BCUT2D eigenvalue weighted by Crippen LogP contribution is -2.46. The Kier molecular flexibility index (Phi) is 4.06. The Morgan fingerprint density at radius 2 is 1.70 bits per heavy atom. The van der Waals surface area contributed by atoms with Crippen LogP contribution in [-0.4, -0.2) is 42.3 Å². The number of benzene rings is 1. The second-order valence-electron chi connectivity index (χ2n) is 4.73. The van der Waals surface area contributed by atoms with Crippen LogP contribution in [0, 0.1) is 0 Å². The van der Waals surface area contributed by atoms with Gasteiger partial charge in [0.05, 0.1) is 0 Å². The molecule has 1 aliphatic rings. The normalized spacial score (nSPS) is 15.7. The molecule has 1 saturated heterocycles. The van der Waals surface area contributed by atoms with Crippen LogP contribution >= 0.6 is 11.6 Å². The fraction of sp³-hybridized carbons (Fsp3) is 0.429. The van der Waals surface area contributed by atoms with Crippen LogP contribution in [-0.2, 0) is 6.42 Å². The molecule has 1 fully saturated rings. The lowest BCUT2D eigenvalue weighted by molar-refractivity contribution is 0.479. The van der Waals surface area contributed by atoms with E-state index in [1.54, 1.807) is 0 Å². The van der Waals surface area contributed by atoms with E-state index in [1.165, 1.54) is 5.69 Å². The summed E-state index contributed by atoms with van der Waals surface area (Å²) in [7, 11) is 0. The number of rotatable bonds is 4. The van der Waals surface area contributed by atoms with Gasteiger partial charge in [-0.25, -0.2) is 0 Å². The van der Waals surface area contributed by atoms with Crippen molar-refractivity contribution in [1.82, 2.24) is 10.2 Å². The maximum Gasteiger partial charge on any atom is 0.318 e. The number of alkyl halides is 1. The van der Waals surface area contributed by atoms with Gasteiger partial charge in [-0.1, -0.05) is 23.3 Å². The van der Waals surface area contributed by atoms with Gasteiger partial charge in [0, 0.05) is 44.2 Å². The Morgan fingerprint density at radius 1 is 1.00 bits per heavy atom. The minimum atomic E-state index is 0.503. The lowest BCUT2D eigenvalue weighted by atomic mass is 10.2. The van der Waals surface area contributed by atoms with Gasteiger partial charge < -0.3 is 14.2 Å². The van der Waals surface area contributed by atoms with Crippen molar-refractivity contribution in [1.29, 1.82) is 0 Å². The molecular formula is C14H17ClN4O. The highest BCUT2D eigenvalue weighted by Gasteiger charge is 2.21. The second-order valence-corrected chi connectivity index (χ2v) is 5.10. The van der Waals surface area contributed by atoms with Crippen molar-refractivity contribution in [3.05, 3.63) is 36.2 Å². The van der Waals surface area contributed by atoms with Gasteiger partial charge in [-0.05, 0) is 12.1 Å². The van der Waals surface area contributed by atoms with Gasteiger partial charge in [0.25, 0.3) is 0 Å². The summed E-state index contributed by atoms with van der Waals surface area (Å²) >= 11 is 5.67. The SMILES string of the molecule is ClCCc1nnc(N2CCN(c3ccccc3)CC2)o1. The van der Waals surface area contributed by atoms with Gasteiger partial charge >= 0.3 is 6.01 Å². The summed E-state index contributed by atoms with van der Waals surface area (Å²) in [6, 6.07) is 11.1. The zero-order valence-corrected chi connectivity index (χ0v) is 12.0. The van der Waals surface area contributed by atoms with E-state index in [1.807, 2.05) is 6.07 Å². The third kappa shape index (κ3) is 2.88.